The zero-order valence-electron chi connectivity index (χ0n) is 10.7. The van der Waals surface area contributed by atoms with Crippen molar-refractivity contribution in [3.8, 4) is 5.75 Å². The van der Waals surface area contributed by atoms with Gasteiger partial charge in [-0.25, -0.2) is 4.39 Å². The quantitative estimate of drug-likeness (QED) is 0.453. The van der Waals surface area contributed by atoms with E-state index in [0.29, 0.717) is 21.9 Å². The molecule has 0 N–H and O–H groups in total. The number of halogens is 3. The first-order chi connectivity index (χ1) is 10.0. The third-order valence-corrected chi connectivity index (χ3v) is 3.31. The molecule has 0 aliphatic rings. The minimum absolute atomic E-state index is 0.0475. The molecular weight excluding hydrogens is 320 g/mol. The lowest BCUT2D eigenvalue weighted by Crippen LogP contribution is -2.01. The standard InChI is InChI=1S/C14H10Cl2FNO3/c15-7-9-6-12(18(19)20)2-4-14(9)21-8-10-5-11(16)1-3-13(10)17/h1-6H,7-8H2. The number of hydrogen-bond donors (Lipinski definition) is 0. The lowest BCUT2D eigenvalue weighted by molar-refractivity contribution is -0.384. The van der Waals surface area contributed by atoms with Crippen LogP contribution >= 0.6 is 23.2 Å². The molecule has 0 radical (unpaired) electrons. The van der Waals surface area contributed by atoms with Crippen molar-refractivity contribution in [2.24, 2.45) is 0 Å². The first-order valence-electron chi connectivity index (χ1n) is 5.91. The van der Waals surface area contributed by atoms with Gasteiger partial charge in [-0.15, -0.1) is 11.6 Å². The molecule has 0 spiro atoms. The van der Waals surface area contributed by atoms with Gasteiger partial charge >= 0.3 is 0 Å². The first kappa shape index (κ1) is 15.5. The van der Waals surface area contributed by atoms with Gasteiger partial charge in [-0.3, -0.25) is 10.1 Å². The van der Waals surface area contributed by atoms with E-state index >= 15 is 0 Å². The molecule has 2 aromatic carbocycles. The fraction of sp³-hybridized carbons (Fsp3) is 0.143. The van der Waals surface area contributed by atoms with E-state index in [1.165, 1.54) is 36.4 Å². The van der Waals surface area contributed by atoms with Crippen LogP contribution in [0.1, 0.15) is 11.1 Å². The number of nitro benzene ring substituents is 1. The van der Waals surface area contributed by atoms with Gasteiger partial charge in [0, 0.05) is 28.3 Å². The Bertz CT molecular complexity index is 679. The van der Waals surface area contributed by atoms with Crippen LogP contribution in [0.5, 0.6) is 5.75 Å². The Labute approximate surface area is 130 Å². The van der Waals surface area contributed by atoms with E-state index in [4.69, 9.17) is 27.9 Å². The second-order valence-corrected chi connectivity index (χ2v) is 4.91. The molecule has 110 valence electrons. The number of alkyl halides is 1. The summed E-state index contributed by atoms with van der Waals surface area (Å²) < 4.78 is 19.0. The molecule has 7 heteroatoms. The van der Waals surface area contributed by atoms with Crippen LogP contribution in [-0.2, 0) is 12.5 Å². The van der Waals surface area contributed by atoms with E-state index in [9.17, 15) is 14.5 Å². The van der Waals surface area contributed by atoms with Crippen molar-refractivity contribution < 1.29 is 14.1 Å². The molecule has 0 amide bonds. The van der Waals surface area contributed by atoms with Gasteiger partial charge in [-0.1, -0.05) is 11.6 Å². The molecule has 0 saturated carbocycles. The summed E-state index contributed by atoms with van der Waals surface area (Å²) in [5, 5.41) is 11.1. The molecule has 0 aliphatic carbocycles. The number of nitro groups is 1. The van der Waals surface area contributed by atoms with Crippen LogP contribution in [0.15, 0.2) is 36.4 Å². The van der Waals surface area contributed by atoms with Gasteiger partial charge in [0.1, 0.15) is 18.2 Å². The summed E-state index contributed by atoms with van der Waals surface area (Å²) >= 11 is 11.5. The van der Waals surface area contributed by atoms with Crippen LogP contribution in [-0.4, -0.2) is 4.92 Å². The van der Waals surface area contributed by atoms with Gasteiger partial charge in [0.05, 0.1) is 10.8 Å². The van der Waals surface area contributed by atoms with Crippen molar-refractivity contribution in [1.29, 1.82) is 0 Å². The summed E-state index contributed by atoms with van der Waals surface area (Å²) in [5.41, 5.74) is 0.682. The molecule has 2 aromatic rings. The van der Waals surface area contributed by atoms with E-state index in [-0.39, 0.29) is 18.2 Å². The summed E-state index contributed by atoms with van der Waals surface area (Å²) in [6.45, 7) is -0.0475. The molecule has 0 unspecified atom stereocenters. The predicted molar refractivity (Wildman–Crippen MR) is 78.4 cm³/mol. The maximum absolute atomic E-state index is 13.6. The van der Waals surface area contributed by atoms with E-state index in [0.717, 1.165) is 0 Å². The maximum atomic E-state index is 13.6. The molecule has 0 saturated heterocycles. The smallest absolute Gasteiger partial charge is 0.270 e. The normalized spacial score (nSPS) is 10.4. The number of ether oxygens (including phenoxy) is 1. The van der Waals surface area contributed by atoms with Crippen molar-refractivity contribution in [3.05, 3.63) is 68.5 Å². The molecule has 2 rings (SSSR count). The van der Waals surface area contributed by atoms with Crippen LogP contribution in [0.4, 0.5) is 10.1 Å². The van der Waals surface area contributed by atoms with Gasteiger partial charge in [0.2, 0.25) is 0 Å². The summed E-state index contributed by atoms with van der Waals surface area (Å²) in [4.78, 5) is 10.2. The third kappa shape index (κ3) is 3.83. The Morgan fingerprint density at radius 3 is 2.62 bits per heavy atom. The van der Waals surface area contributed by atoms with Crippen molar-refractivity contribution in [2.45, 2.75) is 12.5 Å². The Hall–Kier alpha value is -1.85. The largest absolute Gasteiger partial charge is 0.488 e. The van der Waals surface area contributed by atoms with Crippen LogP contribution in [0, 0.1) is 15.9 Å². The highest BCUT2D eigenvalue weighted by Crippen LogP contribution is 2.27. The number of non-ortho nitro benzene ring substituents is 1. The van der Waals surface area contributed by atoms with Crippen LogP contribution in [0.25, 0.3) is 0 Å². The van der Waals surface area contributed by atoms with E-state index in [1.807, 2.05) is 0 Å². The topological polar surface area (TPSA) is 52.4 Å². The summed E-state index contributed by atoms with van der Waals surface area (Å²) in [6.07, 6.45) is 0. The predicted octanol–water partition coefficient (Wildman–Crippen LogP) is 4.71. The molecule has 4 nitrogen and oxygen atoms in total. The van der Waals surface area contributed by atoms with Gasteiger partial charge in [0.25, 0.3) is 5.69 Å². The van der Waals surface area contributed by atoms with E-state index < -0.39 is 10.7 Å². The molecule has 0 aliphatic heterocycles. The SMILES string of the molecule is O=[N+]([O-])c1ccc(OCc2cc(Cl)ccc2F)c(CCl)c1. The lowest BCUT2D eigenvalue weighted by Gasteiger charge is -2.10. The van der Waals surface area contributed by atoms with Crippen molar-refractivity contribution in [3.63, 3.8) is 0 Å². The summed E-state index contributed by atoms with van der Waals surface area (Å²) in [6, 6.07) is 8.23. The van der Waals surface area contributed by atoms with Crippen LogP contribution in [0.2, 0.25) is 5.02 Å². The Morgan fingerprint density at radius 2 is 1.95 bits per heavy atom. The van der Waals surface area contributed by atoms with Gasteiger partial charge in [0.15, 0.2) is 0 Å². The number of benzene rings is 2. The van der Waals surface area contributed by atoms with Gasteiger partial charge in [-0.05, 0) is 24.3 Å². The molecule has 0 heterocycles. The molecule has 0 bridgehead atoms. The Kier molecular flexibility index (Phi) is 4.98. The number of rotatable bonds is 5. The molecule has 0 atom stereocenters. The zero-order chi connectivity index (χ0) is 15.4. The molecule has 21 heavy (non-hydrogen) atoms. The highest BCUT2D eigenvalue weighted by Gasteiger charge is 2.12. The van der Waals surface area contributed by atoms with Crippen molar-refractivity contribution >= 4 is 28.9 Å². The van der Waals surface area contributed by atoms with Gasteiger partial charge < -0.3 is 4.74 Å². The average molecular weight is 330 g/mol. The Balaban J connectivity index is 2.19. The first-order valence-corrected chi connectivity index (χ1v) is 6.82. The minimum atomic E-state index is -0.517. The molecule has 0 aromatic heterocycles. The fourth-order valence-corrected chi connectivity index (χ4v) is 2.14. The Morgan fingerprint density at radius 1 is 1.19 bits per heavy atom. The van der Waals surface area contributed by atoms with Crippen molar-refractivity contribution in [2.75, 3.05) is 0 Å². The minimum Gasteiger partial charge on any atom is -0.488 e. The highest BCUT2D eigenvalue weighted by molar-refractivity contribution is 6.30. The van der Waals surface area contributed by atoms with E-state index in [2.05, 4.69) is 0 Å². The van der Waals surface area contributed by atoms with Crippen LogP contribution < -0.4 is 4.74 Å². The molecule has 0 fully saturated rings. The number of hydrogen-bond acceptors (Lipinski definition) is 3. The monoisotopic (exact) mass is 329 g/mol. The third-order valence-electron chi connectivity index (χ3n) is 2.79. The zero-order valence-corrected chi connectivity index (χ0v) is 12.2. The van der Waals surface area contributed by atoms with Gasteiger partial charge in [-0.2, -0.15) is 0 Å². The second-order valence-electron chi connectivity index (χ2n) is 4.21. The molecular formula is C14H10Cl2FNO3. The second kappa shape index (κ2) is 6.74. The average Bonchev–Trinajstić information content (AvgIpc) is 2.47. The van der Waals surface area contributed by atoms with Crippen molar-refractivity contribution in [1.82, 2.24) is 0 Å². The lowest BCUT2D eigenvalue weighted by atomic mass is 10.2. The summed E-state index contributed by atoms with van der Waals surface area (Å²) in [7, 11) is 0. The van der Waals surface area contributed by atoms with Crippen LogP contribution in [0.3, 0.4) is 0 Å². The van der Waals surface area contributed by atoms with E-state index in [1.54, 1.807) is 0 Å². The highest BCUT2D eigenvalue weighted by atomic mass is 35.5. The number of nitrogens with zero attached hydrogens (tertiary/aromatic N) is 1. The maximum Gasteiger partial charge on any atom is 0.270 e. The summed E-state index contributed by atoms with van der Waals surface area (Å²) in [5.74, 6) is -0.0154. The fourth-order valence-electron chi connectivity index (χ4n) is 1.73.